The summed E-state index contributed by atoms with van der Waals surface area (Å²) < 4.78 is 0. The van der Waals surface area contributed by atoms with Gasteiger partial charge in [-0.05, 0) is 12.8 Å². The average Bonchev–Trinajstić information content (AvgIpc) is 2.29. The molecule has 0 saturated carbocycles. The number of aliphatic carboxylic acids is 1. The minimum absolute atomic E-state index is 0.294. The highest BCUT2D eigenvalue weighted by molar-refractivity contribution is 6.33. The SMILES string of the molecule is O=C(O)C1CCN(c2c(Cl)cn[nH]c2=O)CC1. The molecule has 1 aliphatic heterocycles. The Hall–Kier alpha value is -1.56. The highest BCUT2D eigenvalue weighted by Gasteiger charge is 2.26. The van der Waals surface area contributed by atoms with Gasteiger partial charge in [0.25, 0.3) is 5.56 Å². The lowest BCUT2D eigenvalue weighted by atomic mass is 9.97. The number of H-pyrrole nitrogens is 1. The van der Waals surface area contributed by atoms with Crippen molar-refractivity contribution in [3.05, 3.63) is 21.6 Å². The van der Waals surface area contributed by atoms with Crippen molar-refractivity contribution in [3.8, 4) is 0 Å². The Morgan fingerprint density at radius 3 is 2.71 bits per heavy atom. The zero-order chi connectivity index (χ0) is 12.4. The van der Waals surface area contributed by atoms with Crippen LogP contribution in [0.2, 0.25) is 5.02 Å². The summed E-state index contributed by atoms with van der Waals surface area (Å²) in [6.07, 6.45) is 2.42. The van der Waals surface area contributed by atoms with Crippen LogP contribution in [0.3, 0.4) is 0 Å². The fourth-order valence-electron chi connectivity index (χ4n) is 2.01. The summed E-state index contributed by atoms with van der Waals surface area (Å²) in [7, 11) is 0. The Morgan fingerprint density at radius 2 is 2.18 bits per heavy atom. The maximum atomic E-state index is 11.6. The quantitative estimate of drug-likeness (QED) is 0.815. The molecule has 7 heteroatoms. The highest BCUT2D eigenvalue weighted by Crippen LogP contribution is 2.25. The summed E-state index contributed by atoms with van der Waals surface area (Å²) in [4.78, 5) is 24.2. The van der Waals surface area contributed by atoms with Crippen molar-refractivity contribution in [3.63, 3.8) is 0 Å². The van der Waals surface area contributed by atoms with Crippen molar-refractivity contribution in [1.29, 1.82) is 0 Å². The van der Waals surface area contributed by atoms with E-state index in [0.717, 1.165) is 0 Å². The molecule has 0 spiro atoms. The number of carboxylic acid groups (broad SMARTS) is 1. The standard InChI is InChI=1S/C10H12ClN3O3/c11-7-5-12-13-9(15)8(7)14-3-1-6(2-4-14)10(16)17/h5-6H,1-4H2,(H,13,15)(H,16,17). The van der Waals surface area contributed by atoms with E-state index >= 15 is 0 Å². The molecule has 0 aliphatic carbocycles. The Morgan fingerprint density at radius 1 is 1.53 bits per heavy atom. The largest absolute Gasteiger partial charge is 0.481 e. The number of anilines is 1. The lowest BCUT2D eigenvalue weighted by Crippen LogP contribution is -2.39. The highest BCUT2D eigenvalue weighted by atomic mass is 35.5. The second kappa shape index (κ2) is 4.75. The molecule has 6 nitrogen and oxygen atoms in total. The fourth-order valence-corrected chi connectivity index (χ4v) is 2.27. The van der Waals surface area contributed by atoms with Crippen molar-refractivity contribution < 1.29 is 9.90 Å². The Kier molecular flexibility index (Phi) is 3.33. The van der Waals surface area contributed by atoms with Crippen LogP contribution in [0.1, 0.15) is 12.8 Å². The van der Waals surface area contributed by atoms with Gasteiger partial charge in [0.05, 0.1) is 17.1 Å². The number of carboxylic acids is 1. The summed E-state index contributed by atoms with van der Waals surface area (Å²) in [5.41, 5.74) is 0.0387. The lowest BCUT2D eigenvalue weighted by molar-refractivity contribution is -0.142. The molecular formula is C10H12ClN3O3. The van der Waals surface area contributed by atoms with E-state index in [-0.39, 0.29) is 11.5 Å². The van der Waals surface area contributed by atoms with Crippen LogP contribution in [0.15, 0.2) is 11.0 Å². The van der Waals surface area contributed by atoms with Gasteiger partial charge in [0, 0.05) is 13.1 Å². The average molecular weight is 258 g/mol. The summed E-state index contributed by atoms with van der Waals surface area (Å²) in [5.74, 6) is -1.11. The van der Waals surface area contributed by atoms with E-state index in [1.54, 1.807) is 0 Å². The molecule has 2 heterocycles. The van der Waals surface area contributed by atoms with E-state index in [4.69, 9.17) is 16.7 Å². The zero-order valence-corrected chi connectivity index (χ0v) is 9.78. The number of nitrogens with zero attached hydrogens (tertiary/aromatic N) is 2. The third-order valence-electron chi connectivity index (χ3n) is 2.95. The molecule has 0 atom stereocenters. The Bertz CT molecular complexity index is 480. The van der Waals surface area contributed by atoms with Gasteiger partial charge in [-0.15, -0.1) is 0 Å². The van der Waals surface area contributed by atoms with Crippen LogP contribution in [0, 0.1) is 5.92 Å². The molecule has 0 unspecified atom stereocenters. The molecule has 2 N–H and O–H groups in total. The molecule has 0 amide bonds. The minimum Gasteiger partial charge on any atom is -0.481 e. The Labute approximate surface area is 102 Å². The minimum atomic E-state index is -0.778. The molecule has 0 radical (unpaired) electrons. The Balaban J connectivity index is 2.16. The number of nitrogens with one attached hydrogen (secondary N) is 1. The molecule has 1 aliphatic rings. The molecule has 17 heavy (non-hydrogen) atoms. The number of hydrogen-bond donors (Lipinski definition) is 2. The molecule has 1 aromatic heterocycles. The van der Waals surface area contributed by atoms with Gasteiger partial charge in [-0.3, -0.25) is 9.59 Å². The number of aromatic nitrogens is 2. The fraction of sp³-hybridized carbons (Fsp3) is 0.500. The second-order valence-electron chi connectivity index (χ2n) is 4.00. The molecule has 92 valence electrons. The van der Waals surface area contributed by atoms with E-state index in [2.05, 4.69) is 10.2 Å². The van der Waals surface area contributed by atoms with Crippen LogP contribution in [0.5, 0.6) is 0 Å². The predicted molar refractivity (Wildman–Crippen MR) is 62.4 cm³/mol. The van der Waals surface area contributed by atoms with E-state index in [1.165, 1.54) is 6.20 Å². The zero-order valence-electron chi connectivity index (χ0n) is 9.02. The van der Waals surface area contributed by atoms with Crippen LogP contribution in [-0.2, 0) is 4.79 Å². The van der Waals surface area contributed by atoms with Crippen molar-refractivity contribution in [1.82, 2.24) is 10.2 Å². The summed E-state index contributed by atoms with van der Waals surface area (Å²) in [6.45, 7) is 1.04. The van der Waals surface area contributed by atoms with Crippen molar-refractivity contribution >= 4 is 23.3 Å². The third-order valence-corrected chi connectivity index (χ3v) is 3.22. The molecular weight excluding hydrogens is 246 g/mol. The first kappa shape index (κ1) is 11.9. The summed E-state index contributed by atoms with van der Waals surface area (Å²) in [6, 6.07) is 0. The molecule has 1 aromatic rings. The van der Waals surface area contributed by atoms with Gasteiger partial charge < -0.3 is 10.0 Å². The summed E-state index contributed by atoms with van der Waals surface area (Å²) in [5, 5.41) is 15.1. The number of hydrogen-bond acceptors (Lipinski definition) is 4. The third kappa shape index (κ3) is 2.41. The molecule has 0 bridgehead atoms. The van der Waals surface area contributed by atoms with E-state index < -0.39 is 5.97 Å². The van der Waals surface area contributed by atoms with Gasteiger partial charge in [0.2, 0.25) is 0 Å². The van der Waals surface area contributed by atoms with Gasteiger partial charge in [-0.2, -0.15) is 5.10 Å². The number of rotatable bonds is 2. The maximum Gasteiger partial charge on any atom is 0.306 e. The smallest absolute Gasteiger partial charge is 0.306 e. The molecule has 0 aromatic carbocycles. The van der Waals surface area contributed by atoms with E-state index in [0.29, 0.717) is 36.6 Å². The van der Waals surface area contributed by atoms with Crippen LogP contribution < -0.4 is 10.5 Å². The number of aromatic amines is 1. The van der Waals surface area contributed by atoms with E-state index in [9.17, 15) is 9.59 Å². The van der Waals surface area contributed by atoms with E-state index in [1.807, 2.05) is 4.90 Å². The second-order valence-corrected chi connectivity index (χ2v) is 4.40. The topological polar surface area (TPSA) is 86.3 Å². The first-order valence-corrected chi connectivity index (χ1v) is 5.68. The number of halogens is 1. The van der Waals surface area contributed by atoms with Gasteiger partial charge >= 0.3 is 5.97 Å². The van der Waals surface area contributed by atoms with Crippen molar-refractivity contribution in [2.24, 2.45) is 5.92 Å². The predicted octanol–water partition coefficient (Wildman–Crippen LogP) is 0.724. The maximum absolute atomic E-state index is 11.6. The number of carbonyl (C=O) groups is 1. The van der Waals surface area contributed by atoms with Gasteiger partial charge in [-0.25, -0.2) is 5.10 Å². The molecule has 1 fully saturated rings. The molecule has 2 rings (SSSR count). The summed E-state index contributed by atoms with van der Waals surface area (Å²) >= 11 is 5.92. The van der Waals surface area contributed by atoms with Crippen LogP contribution in [-0.4, -0.2) is 34.4 Å². The molecule has 1 saturated heterocycles. The van der Waals surface area contributed by atoms with Crippen LogP contribution in [0.4, 0.5) is 5.69 Å². The van der Waals surface area contributed by atoms with Gasteiger partial charge in [0.1, 0.15) is 5.69 Å². The normalized spacial score (nSPS) is 17.1. The van der Waals surface area contributed by atoms with Gasteiger partial charge in [0.15, 0.2) is 0 Å². The number of piperidine rings is 1. The lowest BCUT2D eigenvalue weighted by Gasteiger charge is -2.31. The monoisotopic (exact) mass is 257 g/mol. The first-order chi connectivity index (χ1) is 8.09. The van der Waals surface area contributed by atoms with Gasteiger partial charge in [-0.1, -0.05) is 11.6 Å². The van der Waals surface area contributed by atoms with Crippen LogP contribution in [0.25, 0.3) is 0 Å². The van der Waals surface area contributed by atoms with Crippen LogP contribution >= 0.6 is 11.6 Å². The van der Waals surface area contributed by atoms with Crippen molar-refractivity contribution in [2.75, 3.05) is 18.0 Å². The van der Waals surface area contributed by atoms with Crippen molar-refractivity contribution in [2.45, 2.75) is 12.8 Å². The first-order valence-electron chi connectivity index (χ1n) is 5.30.